The Balaban J connectivity index is 0. The van der Waals surface area contributed by atoms with Gasteiger partial charge in [-0.25, -0.2) is 9.59 Å². The van der Waals surface area contributed by atoms with Gasteiger partial charge in [-0.3, -0.25) is 0 Å². The summed E-state index contributed by atoms with van der Waals surface area (Å²) in [5.74, 6) is -3.65. The summed E-state index contributed by atoms with van der Waals surface area (Å²) in [6.45, 7) is 5.76. The minimum atomic E-state index is -1.82. The Morgan fingerprint density at radius 3 is 2.00 bits per heavy atom. The van der Waals surface area contributed by atoms with Gasteiger partial charge in [0, 0.05) is 25.7 Å². The molecule has 90 valence electrons. The topological polar surface area (TPSA) is 121 Å². The van der Waals surface area contributed by atoms with Crippen molar-refractivity contribution in [2.24, 2.45) is 0 Å². The SMILES string of the molecule is C[C@@H]1CN(C)CCN1.O.O=C(O)C(=O)O. The predicted octanol–water partition coefficient (Wildman–Crippen LogP) is -1.76. The molecule has 15 heavy (non-hydrogen) atoms. The normalized spacial score (nSPS) is 20.5. The molecule has 1 atom stereocenters. The first-order valence-corrected chi connectivity index (χ1v) is 4.31. The number of rotatable bonds is 0. The van der Waals surface area contributed by atoms with Crippen LogP contribution in [0.25, 0.3) is 0 Å². The molecule has 0 aliphatic carbocycles. The molecule has 1 rings (SSSR count). The highest BCUT2D eigenvalue weighted by molar-refractivity contribution is 6.27. The number of likely N-dealkylation sites (N-methyl/N-ethyl adjacent to an activating group) is 1. The molecule has 0 unspecified atom stereocenters. The maximum Gasteiger partial charge on any atom is 0.414 e. The third-order valence-electron chi connectivity index (χ3n) is 1.75. The lowest BCUT2D eigenvalue weighted by molar-refractivity contribution is -0.159. The Morgan fingerprint density at radius 1 is 1.33 bits per heavy atom. The average molecular weight is 222 g/mol. The van der Waals surface area contributed by atoms with Crippen molar-refractivity contribution in [2.45, 2.75) is 13.0 Å². The molecule has 1 aliphatic rings. The number of carboxylic acid groups (broad SMARTS) is 2. The molecule has 0 aromatic carbocycles. The van der Waals surface area contributed by atoms with E-state index in [0.717, 1.165) is 6.54 Å². The molecule has 1 aliphatic heterocycles. The van der Waals surface area contributed by atoms with Gasteiger partial charge in [0.2, 0.25) is 0 Å². The van der Waals surface area contributed by atoms with Gasteiger partial charge in [-0.15, -0.1) is 0 Å². The highest BCUT2D eigenvalue weighted by Gasteiger charge is 2.09. The summed E-state index contributed by atoms with van der Waals surface area (Å²) in [6.07, 6.45) is 0. The molecule has 5 N–H and O–H groups in total. The van der Waals surface area contributed by atoms with Gasteiger partial charge in [-0.05, 0) is 14.0 Å². The number of carbonyl (C=O) groups is 2. The monoisotopic (exact) mass is 222 g/mol. The third kappa shape index (κ3) is 9.13. The smallest absolute Gasteiger partial charge is 0.414 e. The zero-order chi connectivity index (χ0) is 11.1. The number of aliphatic carboxylic acids is 2. The van der Waals surface area contributed by atoms with Crippen LogP contribution in [-0.4, -0.2) is 65.3 Å². The minimum absolute atomic E-state index is 0. The van der Waals surface area contributed by atoms with Crippen molar-refractivity contribution in [3.05, 3.63) is 0 Å². The van der Waals surface area contributed by atoms with E-state index in [-0.39, 0.29) is 5.48 Å². The molecule has 7 heteroatoms. The van der Waals surface area contributed by atoms with E-state index in [9.17, 15) is 0 Å². The fourth-order valence-corrected chi connectivity index (χ4v) is 1.13. The summed E-state index contributed by atoms with van der Waals surface area (Å²) < 4.78 is 0. The third-order valence-corrected chi connectivity index (χ3v) is 1.75. The lowest BCUT2D eigenvalue weighted by Crippen LogP contribution is -2.47. The number of piperazine rings is 1. The standard InChI is InChI=1S/C6H14N2.C2H2O4.H2O/c1-6-5-8(2)4-3-7-6;3-1(4)2(5)6;/h6-7H,3-5H2,1-2H3;(H,3,4)(H,5,6);1H2/t6-;;/m1../s1. The van der Waals surface area contributed by atoms with Gasteiger partial charge in [0.15, 0.2) is 0 Å². The molecule has 1 fully saturated rings. The second-order valence-electron chi connectivity index (χ2n) is 3.23. The summed E-state index contributed by atoms with van der Waals surface area (Å²) in [5, 5.41) is 18.2. The highest BCUT2D eigenvalue weighted by Crippen LogP contribution is 1.92. The van der Waals surface area contributed by atoms with Crippen LogP contribution in [0.4, 0.5) is 0 Å². The summed E-state index contributed by atoms with van der Waals surface area (Å²) in [5.41, 5.74) is 0. The molecule has 0 radical (unpaired) electrons. The Kier molecular flexibility index (Phi) is 8.84. The molecule has 1 heterocycles. The van der Waals surface area contributed by atoms with Crippen molar-refractivity contribution in [1.29, 1.82) is 0 Å². The molecular weight excluding hydrogens is 204 g/mol. The minimum Gasteiger partial charge on any atom is -0.473 e. The maximum absolute atomic E-state index is 9.10. The summed E-state index contributed by atoms with van der Waals surface area (Å²) in [4.78, 5) is 20.5. The van der Waals surface area contributed by atoms with E-state index in [4.69, 9.17) is 19.8 Å². The largest absolute Gasteiger partial charge is 0.473 e. The number of hydrogen-bond donors (Lipinski definition) is 3. The molecule has 0 bridgehead atoms. The van der Waals surface area contributed by atoms with Crippen LogP contribution in [0.1, 0.15) is 6.92 Å². The van der Waals surface area contributed by atoms with E-state index < -0.39 is 11.9 Å². The van der Waals surface area contributed by atoms with Gasteiger partial charge < -0.3 is 25.9 Å². The number of hydrogen-bond acceptors (Lipinski definition) is 4. The van der Waals surface area contributed by atoms with Gasteiger partial charge in [0.25, 0.3) is 0 Å². The van der Waals surface area contributed by atoms with E-state index in [0.29, 0.717) is 6.04 Å². The van der Waals surface area contributed by atoms with Crippen LogP contribution < -0.4 is 5.32 Å². The number of nitrogens with zero attached hydrogens (tertiary/aromatic N) is 1. The van der Waals surface area contributed by atoms with Crippen molar-refractivity contribution in [2.75, 3.05) is 26.7 Å². The fourth-order valence-electron chi connectivity index (χ4n) is 1.13. The molecule has 7 nitrogen and oxygen atoms in total. The summed E-state index contributed by atoms with van der Waals surface area (Å²) >= 11 is 0. The van der Waals surface area contributed by atoms with E-state index in [1.807, 2.05) is 0 Å². The van der Waals surface area contributed by atoms with Crippen molar-refractivity contribution in [3.8, 4) is 0 Å². The van der Waals surface area contributed by atoms with Gasteiger partial charge >= 0.3 is 11.9 Å². The summed E-state index contributed by atoms with van der Waals surface area (Å²) in [7, 11) is 2.16. The first-order chi connectivity index (χ1) is 6.43. The fraction of sp³-hybridized carbons (Fsp3) is 0.750. The number of nitrogens with one attached hydrogen (secondary N) is 1. The quantitative estimate of drug-likeness (QED) is 0.417. The van der Waals surface area contributed by atoms with Gasteiger partial charge in [-0.2, -0.15) is 0 Å². The van der Waals surface area contributed by atoms with Gasteiger partial charge in [0.05, 0.1) is 0 Å². The van der Waals surface area contributed by atoms with E-state index in [1.54, 1.807) is 0 Å². The molecule has 0 saturated carbocycles. The van der Waals surface area contributed by atoms with Crippen molar-refractivity contribution < 1.29 is 25.3 Å². The van der Waals surface area contributed by atoms with Crippen LogP contribution in [0.5, 0.6) is 0 Å². The van der Waals surface area contributed by atoms with Crippen molar-refractivity contribution in [1.82, 2.24) is 10.2 Å². The Morgan fingerprint density at radius 2 is 1.80 bits per heavy atom. The Labute approximate surface area is 88.0 Å². The van der Waals surface area contributed by atoms with Gasteiger partial charge in [0.1, 0.15) is 0 Å². The predicted molar refractivity (Wildman–Crippen MR) is 53.8 cm³/mol. The first kappa shape index (κ1) is 16.3. The van der Waals surface area contributed by atoms with E-state index >= 15 is 0 Å². The molecule has 1 saturated heterocycles. The number of carboxylic acids is 2. The maximum atomic E-state index is 9.10. The van der Waals surface area contributed by atoms with Crippen LogP contribution in [-0.2, 0) is 9.59 Å². The Bertz CT molecular complexity index is 189. The molecule has 0 aromatic heterocycles. The van der Waals surface area contributed by atoms with Crippen LogP contribution in [0.15, 0.2) is 0 Å². The first-order valence-electron chi connectivity index (χ1n) is 4.31. The highest BCUT2D eigenvalue weighted by atomic mass is 16.4. The average Bonchev–Trinajstić information content (AvgIpc) is 2.04. The summed E-state index contributed by atoms with van der Waals surface area (Å²) in [6, 6.07) is 0.689. The molecule has 0 amide bonds. The van der Waals surface area contributed by atoms with Crippen LogP contribution in [0, 0.1) is 0 Å². The zero-order valence-electron chi connectivity index (χ0n) is 8.86. The van der Waals surface area contributed by atoms with Crippen molar-refractivity contribution >= 4 is 11.9 Å². The molecule has 0 aromatic rings. The second-order valence-corrected chi connectivity index (χ2v) is 3.23. The van der Waals surface area contributed by atoms with Crippen LogP contribution in [0.2, 0.25) is 0 Å². The van der Waals surface area contributed by atoms with Crippen LogP contribution >= 0.6 is 0 Å². The Hall–Kier alpha value is -1.18. The lowest BCUT2D eigenvalue weighted by Gasteiger charge is -2.28. The molecular formula is C8H18N2O5. The van der Waals surface area contributed by atoms with E-state index in [1.165, 1.54) is 13.1 Å². The zero-order valence-corrected chi connectivity index (χ0v) is 8.86. The van der Waals surface area contributed by atoms with Gasteiger partial charge in [-0.1, -0.05) is 0 Å². The van der Waals surface area contributed by atoms with Crippen LogP contribution in [0.3, 0.4) is 0 Å². The van der Waals surface area contributed by atoms with E-state index in [2.05, 4.69) is 24.2 Å². The van der Waals surface area contributed by atoms with Crippen molar-refractivity contribution in [3.63, 3.8) is 0 Å². The second kappa shape index (κ2) is 8.16. The molecule has 0 spiro atoms. The lowest BCUT2D eigenvalue weighted by atomic mass is 10.2.